The van der Waals surface area contributed by atoms with E-state index in [1.165, 1.54) is 36.2 Å². The summed E-state index contributed by atoms with van der Waals surface area (Å²) in [5.74, 6) is 0.833. The average molecular weight is 193 g/mol. The second-order valence-electron chi connectivity index (χ2n) is 4.36. The molecule has 0 aliphatic carbocycles. The van der Waals surface area contributed by atoms with Gasteiger partial charge in [0.25, 0.3) is 0 Å². The van der Waals surface area contributed by atoms with Crippen LogP contribution in [0, 0.1) is 26.7 Å². The quantitative estimate of drug-likeness (QED) is 0.684. The van der Waals surface area contributed by atoms with Gasteiger partial charge in [0.1, 0.15) is 0 Å². The minimum absolute atomic E-state index is 0.833. The maximum atomic E-state index is 2.42. The maximum absolute atomic E-state index is 2.42. The normalized spacial score (nSPS) is 11.3. The maximum Gasteiger partial charge on any atom is 0.0250 e. The Bertz CT molecular complexity index is 292. The number of nitrogens with zero attached hydrogens (tertiary/aromatic N) is 1. The van der Waals surface area contributed by atoms with Crippen LogP contribution in [0.25, 0.3) is 0 Å². The van der Waals surface area contributed by atoms with Crippen LogP contribution in [0.5, 0.6) is 0 Å². The topological polar surface area (TPSA) is 4.93 Å². The summed E-state index contributed by atoms with van der Waals surface area (Å²) < 4.78 is 2.42. The van der Waals surface area contributed by atoms with E-state index >= 15 is 0 Å². The van der Waals surface area contributed by atoms with Gasteiger partial charge in [-0.25, -0.2) is 0 Å². The van der Waals surface area contributed by atoms with Crippen LogP contribution in [0.1, 0.15) is 43.5 Å². The molecular weight excluding hydrogens is 170 g/mol. The van der Waals surface area contributed by atoms with Crippen molar-refractivity contribution in [1.29, 1.82) is 0 Å². The fourth-order valence-electron chi connectivity index (χ4n) is 1.94. The number of hydrogen-bond acceptors (Lipinski definition) is 0. The standard InChI is InChI=1S/C13H23N/c1-6-13(7-2)9-14-8-10(3)11(4)12(14)5/h8,13H,6-7,9H2,1-5H3. The molecule has 80 valence electrons. The second kappa shape index (κ2) is 4.68. The molecule has 0 fully saturated rings. The van der Waals surface area contributed by atoms with Crippen molar-refractivity contribution in [1.82, 2.24) is 4.57 Å². The molecule has 0 amide bonds. The number of rotatable bonds is 4. The van der Waals surface area contributed by atoms with Crippen molar-refractivity contribution in [3.63, 3.8) is 0 Å². The summed E-state index contributed by atoms with van der Waals surface area (Å²) in [5, 5.41) is 0. The highest BCUT2D eigenvalue weighted by Gasteiger charge is 2.09. The summed E-state index contributed by atoms with van der Waals surface area (Å²) >= 11 is 0. The second-order valence-corrected chi connectivity index (χ2v) is 4.36. The first-order valence-corrected chi connectivity index (χ1v) is 5.73. The van der Waals surface area contributed by atoms with E-state index in [0.717, 1.165) is 5.92 Å². The molecular formula is C13H23N. The lowest BCUT2D eigenvalue weighted by atomic mass is 10.0. The van der Waals surface area contributed by atoms with E-state index in [1.54, 1.807) is 0 Å². The molecule has 1 aromatic rings. The van der Waals surface area contributed by atoms with Gasteiger partial charge < -0.3 is 4.57 Å². The summed E-state index contributed by atoms with van der Waals surface area (Å²) in [6.07, 6.45) is 4.86. The molecule has 14 heavy (non-hydrogen) atoms. The van der Waals surface area contributed by atoms with E-state index in [-0.39, 0.29) is 0 Å². The molecule has 0 radical (unpaired) electrons. The highest BCUT2D eigenvalue weighted by Crippen LogP contribution is 2.18. The minimum atomic E-state index is 0.833. The number of aromatic nitrogens is 1. The molecule has 0 N–H and O–H groups in total. The third-order valence-corrected chi connectivity index (χ3v) is 3.52. The Kier molecular flexibility index (Phi) is 3.79. The van der Waals surface area contributed by atoms with Gasteiger partial charge in [-0.3, -0.25) is 0 Å². The Morgan fingerprint density at radius 1 is 1.14 bits per heavy atom. The van der Waals surface area contributed by atoms with E-state index in [2.05, 4.69) is 45.4 Å². The van der Waals surface area contributed by atoms with E-state index in [9.17, 15) is 0 Å². The van der Waals surface area contributed by atoms with Crippen LogP contribution in [0.2, 0.25) is 0 Å². The summed E-state index contributed by atoms with van der Waals surface area (Å²) in [6.45, 7) is 12.4. The van der Waals surface area contributed by atoms with Gasteiger partial charge in [0.2, 0.25) is 0 Å². The molecule has 0 saturated heterocycles. The van der Waals surface area contributed by atoms with Crippen molar-refractivity contribution in [2.24, 2.45) is 5.92 Å². The first-order valence-electron chi connectivity index (χ1n) is 5.73. The summed E-state index contributed by atoms with van der Waals surface area (Å²) in [5.41, 5.74) is 4.32. The van der Waals surface area contributed by atoms with Crippen molar-refractivity contribution >= 4 is 0 Å². The van der Waals surface area contributed by atoms with Crippen LogP contribution >= 0.6 is 0 Å². The third-order valence-electron chi connectivity index (χ3n) is 3.52. The Balaban J connectivity index is 2.81. The first-order chi connectivity index (χ1) is 6.60. The van der Waals surface area contributed by atoms with Gasteiger partial charge in [-0.2, -0.15) is 0 Å². The molecule has 0 aromatic carbocycles. The van der Waals surface area contributed by atoms with Gasteiger partial charge >= 0.3 is 0 Å². The molecule has 1 heteroatoms. The lowest BCUT2D eigenvalue weighted by Gasteiger charge is -2.14. The number of hydrogen-bond donors (Lipinski definition) is 0. The lowest BCUT2D eigenvalue weighted by molar-refractivity contribution is 0.415. The van der Waals surface area contributed by atoms with Crippen LogP contribution in [-0.4, -0.2) is 4.57 Å². The van der Waals surface area contributed by atoms with Crippen LogP contribution in [0.4, 0.5) is 0 Å². The fraction of sp³-hybridized carbons (Fsp3) is 0.692. The predicted molar refractivity (Wildman–Crippen MR) is 62.7 cm³/mol. The molecule has 0 spiro atoms. The minimum Gasteiger partial charge on any atom is -0.351 e. The molecule has 1 heterocycles. The molecule has 0 atom stereocenters. The van der Waals surface area contributed by atoms with Crippen molar-refractivity contribution in [3.05, 3.63) is 23.0 Å². The zero-order chi connectivity index (χ0) is 10.7. The van der Waals surface area contributed by atoms with Gasteiger partial charge in [-0.15, -0.1) is 0 Å². The Morgan fingerprint density at radius 2 is 1.71 bits per heavy atom. The monoisotopic (exact) mass is 193 g/mol. The van der Waals surface area contributed by atoms with Gasteiger partial charge in [0, 0.05) is 18.4 Å². The van der Waals surface area contributed by atoms with Crippen LogP contribution in [-0.2, 0) is 6.54 Å². The molecule has 0 bridgehead atoms. The van der Waals surface area contributed by atoms with Crippen molar-refractivity contribution in [2.75, 3.05) is 0 Å². The van der Waals surface area contributed by atoms with Gasteiger partial charge in [0.15, 0.2) is 0 Å². The summed E-state index contributed by atoms with van der Waals surface area (Å²) in [6, 6.07) is 0. The zero-order valence-corrected chi connectivity index (χ0v) is 10.2. The largest absolute Gasteiger partial charge is 0.351 e. The Hall–Kier alpha value is -0.720. The molecule has 1 aromatic heterocycles. The molecule has 1 nitrogen and oxygen atoms in total. The molecule has 0 aliphatic rings. The molecule has 0 unspecified atom stereocenters. The first kappa shape index (κ1) is 11.4. The van der Waals surface area contributed by atoms with E-state index < -0.39 is 0 Å². The summed E-state index contributed by atoms with van der Waals surface area (Å²) in [7, 11) is 0. The molecule has 0 aliphatic heterocycles. The van der Waals surface area contributed by atoms with Crippen LogP contribution in [0.3, 0.4) is 0 Å². The smallest absolute Gasteiger partial charge is 0.0250 e. The Morgan fingerprint density at radius 3 is 2.07 bits per heavy atom. The summed E-state index contributed by atoms with van der Waals surface area (Å²) in [4.78, 5) is 0. The van der Waals surface area contributed by atoms with Crippen LogP contribution in [0.15, 0.2) is 6.20 Å². The SMILES string of the molecule is CCC(CC)Cn1cc(C)c(C)c1C. The van der Waals surface area contributed by atoms with Crippen LogP contribution < -0.4 is 0 Å². The van der Waals surface area contributed by atoms with E-state index in [1.807, 2.05) is 0 Å². The Labute approximate surface area is 88.1 Å². The van der Waals surface area contributed by atoms with Crippen molar-refractivity contribution < 1.29 is 0 Å². The predicted octanol–water partition coefficient (Wildman–Crippen LogP) is 3.85. The lowest BCUT2D eigenvalue weighted by Crippen LogP contribution is -2.09. The van der Waals surface area contributed by atoms with Gasteiger partial charge in [-0.05, 0) is 37.8 Å². The van der Waals surface area contributed by atoms with E-state index in [0.29, 0.717) is 0 Å². The van der Waals surface area contributed by atoms with Gasteiger partial charge in [-0.1, -0.05) is 26.7 Å². The van der Waals surface area contributed by atoms with Gasteiger partial charge in [0.05, 0.1) is 0 Å². The molecule has 1 rings (SSSR count). The highest BCUT2D eigenvalue weighted by molar-refractivity contribution is 5.28. The average Bonchev–Trinajstić information content (AvgIpc) is 2.42. The fourth-order valence-corrected chi connectivity index (χ4v) is 1.94. The molecule has 0 saturated carbocycles. The highest BCUT2D eigenvalue weighted by atomic mass is 15.0. The third kappa shape index (κ3) is 2.20. The zero-order valence-electron chi connectivity index (χ0n) is 10.2. The van der Waals surface area contributed by atoms with Crippen molar-refractivity contribution in [2.45, 2.75) is 54.0 Å². The number of aryl methyl sites for hydroxylation is 1. The van der Waals surface area contributed by atoms with Crippen molar-refractivity contribution in [3.8, 4) is 0 Å². The van der Waals surface area contributed by atoms with E-state index in [4.69, 9.17) is 0 Å².